The van der Waals surface area contributed by atoms with Crippen LogP contribution in [0.25, 0.3) is 17.5 Å². The van der Waals surface area contributed by atoms with E-state index >= 15 is 0 Å². The van der Waals surface area contributed by atoms with Gasteiger partial charge in [0.1, 0.15) is 24.2 Å². The second-order valence-electron chi connectivity index (χ2n) is 13.5. The second-order valence-corrected chi connectivity index (χ2v) is 13.5. The highest BCUT2D eigenvalue weighted by atomic mass is 16.5. The Balaban J connectivity index is 0.000000902. The summed E-state index contributed by atoms with van der Waals surface area (Å²) >= 11 is 0. The number of amides is 3. The highest BCUT2D eigenvalue weighted by molar-refractivity contribution is 5.87. The topological polar surface area (TPSA) is 149 Å². The number of carbonyl (C=O) groups is 3. The Morgan fingerprint density at radius 3 is 2.39 bits per heavy atom. The van der Waals surface area contributed by atoms with Gasteiger partial charge in [-0.15, -0.1) is 25.7 Å². The lowest BCUT2D eigenvalue weighted by Crippen LogP contribution is -2.63. The minimum atomic E-state index is -0.511. The number of aromatic nitrogens is 2. The highest BCUT2D eigenvalue weighted by Gasteiger charge is 2.36. The number of rotatable bonds is 16. The Labute approximate surface area is 359 Å². The number of hydrogen-bond acceptors (Lipinski definition) is 11. The maximum Gasteiger partial charge on any atom is 0.242 e. The molecule has 1 unspecified atom stereocenters. The molecule has 14 heteroatoms. The van der Waals surface area contributed by atoms with Crippen molar-refractivity contribution >= 4 is 42.5 Å². The number of allylic oxidation sites excluding steroid dienone is 3. The van der Waals surface area contributed by atoms with Crippen molar-refractivity contribution in [2.75, 3.05) is 50.8 Å². The molecule has 2 aromatic carbocycles. The summed E-state index contributed by atoms with van der Waals surface area (Å²) in [5.41, 5.74) is 8.26. The van der Waals surface area contributed by atoms with Crippen LogP contribution in [-0.2, 0) is 38.8 Å². The fraction of sp³-hybridized carbons (Fsp3) is 0.277. The lowest BCUT2D eigenvalue weighted by atomic mass is 10.0. The average Bonchev–Trinajstić information content (AvgIpc) is 3.77. The predicted molar refractivity (Wildman–Crippen MR) is 242 cm³/mol. The van der Waals surface area contributed by atoms with E-state index in [1.54, 1.807) is 17.0 Å². The van der Waals surface area contributed by atoms with Gasteiger partial charge in [0, 0.05) is 37.8 Å². The maximum absolute atomic E-state index is 13.9. The Bertz CT molecular complexity index is 2120. The number of nitrogens with zero attached hydrogens (tertiary/aromatic N) is 7. The third-order valence-corrected chi connectivity index (χ3v) is 9.29. The third kappa shape index (κ3) is 14.6. The van der Waals surface area contributed by atoms with Crippen LogP contribution in [-0.4, -0.2) is 102 Å². The zero-order chi connectivity index (χ0) is 44.6. The molecule has 0 bridgehead atoms. The normalized spacial score (nSPS) is 14.6. The minimum Gasteiger partial charge on any atom is -0.378 e. The smallest absolute Gasteiger partial charge is 0.242 e. The van der Waals surface area contributed by atoms with Crippen molar-refractivity contribution in [2.45, 2.75) is 39.6 Å². The van der Waals surface area contributed by atoms with Gasteiger partial charge in [-0.25, -0.2) is 9.99 Å². The molecular formula is C47H55N9O5. The van der Waals surface area contributed by atoms with Gasteiger partial charge in [-0.3, -0.25) is 30.1 Å². The molecule has 2 saturated heterocycles. The first-order chi connectivity index (χ1) is 29.7. The summed E-state index contributed by atoms with van der Waals surface area (Å²) in [6, 6.07) is 22.9. The molecule has 14 nitrogen and oxygen atoms in total. The number of aliphatic imine (C=N–C) groups is 1. The number of anilines is 1. The SMILES string of the molecule is C#C.C#C.C=C(C)/C=C\C.C=Cc1c(CN2CC(NCc3ccccc3)N(C(=O)CN(Cc3cc(-c4cccc(N5CCOCC5)n4)no3)NC=O)CC2=O)cccc1N=C. The van der Waals surface area contributed by atoms with Gasteiger partial charge in [-0.05, 0) is 49.9 Å². The first-order valence-corrected chi connectivity index (χ1v) is 19.4. The van der Waals surface area contributed by atoms with E-state index in [0.29, 0.717) is 55.5 Å². The minimum absolute atomic E-state index is 0.0503. The zero-order valence-electron chi connectivity index (χ0n) is 35.0. The Kier molecular flexibility index (Phi) is 20.6. The molecule has 2 aromatic heterocycles. The van der Waals surface area contributed by atoms with Gasteiger partial charge in [0.05, 0.1) is 44.2 Å². The van der Waals surface area contributed by atoms with Crippen molar-refractivity contribution in [2.24, 2.45) is 4.99 Å². The fourth-order valence-corrected chi connectivity index (χ4v) is 6.49. The molecule has 0 saturated carbocycles. The molecule has 318 valence electrons. The van der Waals surface area contributed by atoms with Crippen molar-refractivity contribution in [3.05, 3.63) is 126 Å². The van der Waals surface area contributed by atoms with Crippen LogP contribution < -0.4 is 15.6 Å². The van der Waals surface area contributed by atoms with E-state index in [0.717, 1.165) is 41.2 Å². The van der Waals surface area contributed by atoms with Crippen molar-refractivity contribution in [3.8, 4) is 37.1 Å². The zero-order valence-corrected chi connectivity index (χ0v) is 35.0. The number of hydrazine groups is 1. The lowest BCUT2D eigenvalue weighted by Gasteiger charge is -2.42. The van der Waals surface area contributed by atoms with Crippen LogP contribution in [0.15, 0.2) is 113 Å². The van der Waals surface area contributed by atoms with Gasteiger partial charge in [0.15, 0.2) is 5.76 Å². The molecule has 4 heterocycles. The summed E-state index contributed by atoms with van der Waals surface area (Å²) in [7, 11) is 0. The van der Waals surface area contributed by atoms with Gasteiger partial charge in [-0.2, -0.15) is 0 Å². The van der Waals surface area contributed by atoms with Crippen LogP contribution in [0.4, 0.5) is 11.5 Å². The van der Waals surface area contributed by atoms with E-state index in [1.165, 1.54) is 9.91 Å². The molecule has 1 atom stereocenters. The van der Waals surface area contributed by atoms with Gasteiger partial charge < -0.3 is 24.0 Å². The summed E-state index contributed by atoms with van der Waals surface area (Å²) in [6.45, 7) is 18.7. The van der Waals surface area contributed by atoms with Gasteiger partial charge >= 0.3 is 0 Å². The number of morpholine rings is 1. The summed E-state index contributed by atoms with van der Waals surface area (Å²) in [5.74, 6) is 0.671. The quantitative estimate of drug-likeness (QED) is 0.0479. The first-order valence-electron chi connectivity index (χ1n) is 19.4. The first kappa shape index (κ1) is 48.3. The van der Waals surface area contributed by atoms with Gasteiger partial charge in [-0.1, -0.05) is 90.6 Å². The summed E-state index contributed by atoms with van der Waals surface area (Å²) in [5, 5.41) is 9.09. The van der Waals surface area contributed by atoms with Gasteiger partial charge in [0.25, 0.3) is 0 Å². The summed E-state index contributed by atoms with van der Waals surface area (Å²) in [4.78, 5) is 53.4. The van der Waals surface area contributed by atoms with E-state index < -0.39 is 6.17 Å². The number of nitrogens with one attached hydrogen (secondary N) is 2. The number of carbonyl (C=O) groups excluding carboxylic acids is 3. The largest absolute Gasteiger partial charge is 0.378 e. The van der Waals surface area contributed by atoms with E-state index in [4.69, 9.17) is 14.2 Å². The molecule has 2 aliphatic heterocycles. The van der Waals surface area contributed by atoms with Crippen LogP contribution >= 0.6 is 0 Å². The van der Waals surface area contributed by atoms with E-state index in [-0.39, 0.29) is 38.0 Å². The van der Waals surface area contributed by atoms with Gasteiger partial charge in [0.2, 0.25) is 18.2 Å². The molecule has 2 N–H and O–H groups in total. The highest BCUT2D eigenvalue weighted by Crippen LogP contribution is 2.26. The van der Waals surface area contributed by atoms with Crippen LogP contribution in [0.1, 0.15) is 36.3 Å². The van der Waals surface area contributed by atoms with Crippen molar-refractivity contribution in [1.29, 1.82) is 0 Å². The fourth-order valence-electron chi connectivity index (χ4n) is 6.49. The monoisotopic (exact) mass is 825 g/mol. The molecule has 2 fully saturated rings. The lowest BCUT2D eigenvalue weighted by molar-refractivity contribution is -0.152. The number of hydrogen-bond donors (Lipinski definition) is 2. The molecule has 3 amide bonds. The Morgan fingerprint density at radius 2 is 1.75 bits per heavy atom. The molecule has 61 heavy (non-hydrogen) atoms. The molecule has 0 radical (unpaired) electrons. The van der Waals surface area contributed by atoms with Crippen LogP contribution in [0.2, 0.25) is 0 Å². The van der Waals surface area contributed by atoms with E-state index in [9.17, 15) is 14.4 Å². The number of terminal acetylenes is 2. The Hall–Kier alpha value is -7.10. The molecule has 4 aromatic rings. The number of pyridine rings is 1. The summed E-state index contributed by atoms with van der Waals surface area (Å²) in [6.07, 6.45) is 21.6. The number of ether oxygens (including phenoxy) is 1. The number of piperazine rings is 1. The maximum atomic E-state index is 13.9. The molecule has 6 rings (SSSR count). The van der Waals surface area contributed by atoms with E-state index in [1.807, 2.05) is 92.7 Å². The molecule has 2 aliphatic rings. The van der Waals surface area contributed by atoms with Crippen LogP contribution in [0, 0.1) is 25.7 Å². The number of benzene rings is 2. The molecule has 0 aliphatic carbocycles. The van der Waals surface area contributed by atoms with Crippen molar-refractivity contribution < 1.29 is 23.6 Å². The van der Waals surface area contributed by atoms with Crippen molar-refractivity contribution in [1.82, 2.24) is 35.7 Å². The predicted octanol–water partition coefficient (Wildman–Crippen LogP) is 5.64. The summed E-state index contributed by atoms with van der Waals surface area (Å²) < 4.78 is 11.1. The molecule has 0 spiro atoms. The third-order valence-electron chi connectivity index (χ3n) is 9.29. The molecular weight excluding hydrogens is 771 g/mol. The van der Waals surface area contributed by atoms with Crippen molar-refractivity contribution in [3.63, 3.8) is 0 Å². The second kappa shape index (κ2) is 26.1. The average molecular weight is 826 g/mol. The van der Waals surface area contributed by atoms with E-state index in [2.05, 4.69) is 71.4 Å². The van der Waals surface area contributed by atoms with Crippen LogP contribution in [0.5, 0.6) is 0 Å². The Morgan fingerprint density at radius 1 is 1.03 bits per heavy atom. The standard InChI is InChI=1S/C37H41N9O5.C6H10.2C2H2/c1-3-30-28(11-7-12-31(30)38-2)21-44-23-35(39-20-27-9-5-4-6-10-27)46(25-36(44)48)37(49)24-45(40-26-47)22-29-19-33(42-51-29)32-13-8-14-34(41-32)43-15-17-50-18-16-43;1-4-5-6(2)3;2*1-2/h3-14,19,26,35,39H,1-2,15-18,20-25H2,(H,40,47);4-5H,2H2,1,3H3;2*1-2H/b;5-4-;;. The van der Waals surface area contributed by atoms with Crippen LogP contribution in [0.3, 0.4) is 0 Å².